The van der Waals surface area contributed by atoms with Crippen molar-refractivity contribution >= 4 is 22.8 Å². The lowest BCUT2D eigenvalue weighted by molar-refractivity contribution is 0.464. The molecule has 0 aliphatic rings. The van der Waals surface area contributed by atoms with Gasteiger partial charge in [-0.15, -0.1) is 0 Å². The monoisotopic (exact) mass is 336 g/mol. The van der Waals surface area contributed by atoms with Crippen molar-refractivity contribution in [2.45, 2.75) is 32.2 Å². The van der Waals surface area contributed by atoms with E-state index >= 15 is 0 Å². The highest BCUT2D eigenvalue weighted by atomic mass is 16.3. The Morgan fingerprint density at radius 2 is 2.20 bits per heavy atom. The number of fused-ring (bicyclic) bond motifs is 1. The molecule has 0 aliphatic heterocycles. The van der Waals surface area contributed by atoms with E-state index in [1.165, 1.54) is 5.56 Å². The fourth-order valence-corrected chi connectivity index (χ4v) is 2.81. The molecular weight excluding hydrogens is 312 g/mol. The summed E-state index contributed by atoms with van der Waals surface area (Å²) in [7, 11) is 1.95. The van der Waals surface area contributed by atoms with Crippen LogP contribution in [0.4, 0.5) is 5.69 Å². The van der Waals surface area contributed by atoms with Gasteiger partial charge in [-0.2, -0.15) is 5.10 Å². The predicted molar refractivity (Wildman–Crippen MR) is 103 cm³/mol. The lowest BCUT2D eigenvalue weighted by atomic mass is 10.0. The van der Waals surface area contributed by atoms with Gasteiger partial charge in [0.1, 0.15) is 5.75 Å². The molecule has 0 saturated carbocycles. The highest BCUT2D eigenvalue weighted by Crippen LogP contribution is 2.29. The molecular formula is C20H24N4O. The number of aromatic amines is 1. The van der Waals surface area contributed by atoms with Gasteiger partial charge in [0.2, 0.25) is 0 Å². The molecule has 5 heteroatoms. The maximum absolute atomic E-state index is 10.2. The summed E-state index contributed by atoms with van der Waals surface area (Å²) in [6.45, 7) is 2.13. The van der Waals surface area contributed by atoms with E-state index in [0.717, 1.165) is 41.4 Å². The van der Waals surface area contributed by atoms with Gasteiger partial charge in [-0.1, -0.05) is 12.1 Å². The van der Waals surface area contributed by atoms with Crippen LogP contribution in [0.15, 0.2) is 47.6 Å². The van der Waals surface area contributed by atoms with Crippen LogP contribution in [-0.2, 0) is 12.8 Å². The number of H-pyrrole nitrogens is 1. The molecule has 0 fully saturated rings. The zero-order valence-corrected chi connectivity index (χ0v) is 14.7. The van der Waals surface area contributed by atoms with Gasteiger partial charge in [0.15, 0.2) is 0 Å². The number of hydrogen-bond donors (Lipinski definition) is 3. The zero-order chi connectivity index (χ0) is 17.6. The molecule has 1 heterocycles. The van der Waals surface area contributed by atoms with Gasteiger partial charge in [0.25, 0.3) is 0 Å². The largest absolute Gasteiger partial charge is 0.508 e. The number of benzene rings is 2. The Bertz CT molecular complexity index is 869. The summed E-state index contributed by atoms with van der Waals surface area (Å²) in [5, 5.41) is 21.5. The smallest absolute Gasteiger partial charge is 0.120 e. The molecule has 25 heavy (non-hydrogen) atoms. The number of phenolic OH excluding ortho intramolecular Hbond substituents is 1. The number of aromatic hydroxyl groups is 1. The number of phenols is 1. The minimum Gasteiger partial charge on any atom is -0.508 e. The van der Waals surface area contributed by atoms with E-state index in [1.807, 2.05) is 37.7 Å². The first-order valence-electron chi connectivity index (χ1n) is 8.60. The molecule has 1 atom stereocenters. The average Bonchev–Trinajstić information content (AvgIpc) is 3.08. The molecule has 0 radical (unpaired) electrons. The summed E-state index contributed by atoms with van der Waals surface area (Å²) in [5.74, 6) is 0.317. The van der Waals surface area contributed by atoms with E-state index in [4.69, 9.17) is 0 Å². The zero-order valence-electron chi connectivity index (χ0n) is 14.7. The normalized spacial score (nSPS) is 12.9. The van der Waals surface area contributed by atoms with Crippen LogP contribution in [0.3, 0.4) is 0 Å². The Hall–Kier alpha value is -2.66. The number of rotatable bonds is 7. The van der Waals surface area contributed by atoms with Crippen LogP contribution in [-0.4, -0.2) is 34.6 Å². The van der Waals surface area contributed by atoms with Gasteiger partial charge >= 0.3 is 0 Å². The standard InChI is InChI=1S/C20H24N4O/c1-14(21-2)6-8-17-19(4-3-5-20(17)25)22-11-10-15-7-9-18-16(12-15)13-23-24-18/h3-5,7,9,11-14,21,25H,6,8,10H2,1-2H3,(H,23,24). The predicted octanol–water partition coefficient (Wildman–Crippen LogP) is 3.75. The third kappa shape index (κ3) is 4.25. The molecule has 0 bridgehead atoms. The fraction of sp³-hybridized carbons (Fsp3) is 0.300. The van der Waals surface area contributed by atoms with Gasteiger partial charge in [0, 0.05) is 29.6 Å². The van der Waals surface area contributed by atoms with Crippen molar-refractivity contribution in [1.82, 2.24) is 15.5 Å². The molecule has 130 valence electrons. The van der Waals surface area contributed by atoms with Crippen LogP contribution in [0.1, 0.15) is 24.5 Å². The maximum Gasteiger partial charge on any atom is 0.120 e. The second-order valence-corrected chi connectivity index (χ2v) is 6.31. The van der Waals surface area contributed by atoms with Crippen molar-refractivity contribution < 1.29 is 5.11 Å². The highest BCUT2D eigenvalue weighted by molar-refractivity contribution is 5.79. The van der Waals surface area contributed by atoms with E-state index in [2.05, 4.69) is 39.6 Å². The molecule has 2 aromatic carbocycles. The molecule has 1 aromatic heterocycles. The Labute approximate surface area is 147 Å². The maximum atomic E-state index is 10.2. The van der Waals surface area contributed by atoms with E-state index in [0.29, 0.717) is 11.8 Å². The number of nitrogens with one attached hydrogen (secondary N) is 2. The summed E-state index contributed by atoms with van der Waals surface area (Å²) in [4.78, 5) is 4.60. The lowest BCUT2D eigenvalue weighted by Crippen LogP contribution is -2.21. The molecule has 0 amide bonds. The van der Waals surface area contributed by atoms with Gasteiger partial charge in [0.05, 0.1) is 17.4 Å². The molecule has 3 N–H and O–H groups in total. The van der Waals surface area contributed by atoms with Crippen LogP contribution in [0.2, 0.25) is 0 Å². The van der Waals surface area contributed by atoms with Crippen molar-refractivity contribution in [3.8, 4) is 5.75 Å². The number of aromatic nitrogens is 2. The van der Waals surface area contributed by atoms with Crippen LogP contribution in [0.25, 0.3) is 10.9 Å². The summed E-state index contributed by atoms with van der Waals surface area (Å²) in [5.41, 5.74) is 3.97. The average molecular weight is 336 g/mol. The van der Waals surface area contributed by atoms with Crippen LogP contribution < -0.4 is 5.32 Å². The molecule has 3 rings (SSSR count). The Morgan fingerprint density at radius 3 is 3.04 bits per heavy atom. The Balaban J connectivity index is 1.72. The Kier molecular flexibility index (Phi) is 5.46. The quantitative estimate of drug-likeness (QED) is 0.575. The van der Waals surface area contributed by atoms with Crippen molar-refractivity contribution in [1.29, 1.82) is 0 Å². The highest BCUT2D eigenvalue weighted by Gasteiger charge is 2.08. The second-order valence-electron chi connectivity index (χ2n) is 6.31. The SMILES string of the molecule is CNC(C)CCc1c(O)cccc1N=CCc1ccc2[nH]ncc2c1. The van der Waals surface area contributed by atoms with Crippen molar-refractivity contribution in [3.63, 3.8) is 0 Å². The number of hydrogen-bond acceptors (Lipinski definition) is 4. The van der Waals surface area contributed by atoms with Crippen molar-refractivity contribution in [3.05, 3.63) is 53.7 Å². The van der Waals surface area contributed by atoms with Crippen LogP contribution >= 0.6 is 0 Å². The third-order valence-corrected chi connectivity index (χ3v) is 4.51. The minimum atomic E-state index is 0.317. The molecule has 0 spiro atoms. The van der Waals surface area contributed by atoms with E-state index in [-0.39, 0.29) is 0 Å². The summed E-state index contributed by atoms with van der Waals surface area (Å²) >= 11 is 0. The molecule has 0 saturated heterocycles. The fourth-order valence-electron chi connectivity index (χ4n) is 2.81. The van der Waals surface area contributed by atoms with Gasteiger partial charge in [-0.3, -0.25) is 10.1 Å². The number of aliphatic imine (C=N–C) groups is 1. The van der Waals surface area contributed by atoms with Crippen LogP contribution in [0, 0.1) is 0 Å². The first-order chi connectivity index (χ1) is 12.2. The van der Waals surface area contributed by atoms with E-state index in [1.54, 1.807) is 6.07 Å². The van der Waals surface area contributed by atoms with E-state index in [9.17, 15) is 5.11 Å². The van der Waals surface area contributed by atoms with Crippen molar-refractivity contribution in [2.75, 3.05) is 7.05 Å². The van der Waals surface area contributed by atoms with Gasteiger partial charge in [-0.05, 0) is 56.6 Å². The van der Waals surface area contributed by atoms with E-state index < -0.39 is 0 Å². The summed E-state index contributed by atoms with van der Waals surface area (Å²) in [6.07, 6.45) is 6.21. The summed E-state index contributed by atoms with van der Waals surface area (Å²) < 4.78 is 0. The van der Waals surface area contributed by atoms with Gasteiger partial charge in [-0.25, -0.2) is 0 Å². The topological polar surface area (TPSA) is 73.3 Å². The summed E-state index contributed by atoms with van der Waals surface area (Å²) in [6, 6.07) is 12.1. The third-order valence-electron chi connectivity index (χ3n) is 4.51. The Morgan fingerprint density at radius 1 is 1.32 bits per heavy atom. The molecule has 0 aliphatic carbocycles. The molecule has 5 nitrogen and oxygen atoms in total. The first-order valence-corrected chi connectivity index (χ1v) is 8.60. The van der Waals surface area contributed by atoms with Crippen molar-refractivity contribution in [2.24, 2.45) is 4.99 Å². The first kappa shape index (κ1) is 17.2. The number of nitrogens with zero attached hydrogens (tertiary/aromatic N) is 2. The van der Waals surface area contributed by atoms with Gasteiger partial charge < -0.3 is 10.4 Å². The van der Waals surface area contributed by atoms with Crippen LogP contribution in [0.5, 0.6) is 5.75 Å². The molecule has 3 aromatic rings. The molecule has 1 unspecified atom stereocenters. The minimum absolute atomic E-state index is 0.317. The second kappa shape index (κ2) is 7.94. The lowest BCUT2D eigenvalue weighted by Gasteiger charge is -2.12.